The third-order valence-corrected chi connectivity index (χ3v) is 4.60. The van der Waals surface area contributed by atoms with Crippen molar-refractivity contribution in [1.82, 2.24) is 15.0 Å². The minimum absolute atomic E-state index is 0.193. The maximum atomic E-state index is 12.9. The van der Waals surface area contributed by atoms with Crippen molar-refractivity contribution < 1.29 is 14.3 Å². The van der Waals surface area contributed by atoms with E-state index < -0.39 is 0 Å². The summed E-state index contributed by atoms with van der Waals surface area (Å²) < 4.78 is 10.5. The number of nitrogens with zero attached hydrogens (tertiary/aromatic N) is 2. The second-order valence-electron chi connectivity index (χ2n) is 6.33. The van der Waals surface area contributed by atoms with Gasteiger partial charge in [-0.05, 0) is 60.7 Å². The maximum Gasteiger partial charge on any atom is 0.228 e. The quantitative estimate of drug-likeness (QED) is 0.498. The van der Waals surface area contributed by atoms with Gasteiger partial charge in [0.2, 0.25) is 5.78 Å². The van der Waals surface area contributed by atoms with E-state index in [9.17, 15) is 4.79 Å². The van der Waals surface area contributed by atoms with E-state index in [1.54, 1.807) is 38.7 Å². The Morgan fingerprint density at radius 2 is 1.34 bits per heavy atom. The minimum atomic E-state index is -0.193. The van der Waals surface area contributed by atoms with Crippen LogP contribution in [0.1, 0.15) is 16.2 Å². The van der Waals surface area contributed by atoms with E-state index in [2.05, 4.69) is 15.0 Å². The van der Waals surface area contributed by atoms with E-state index >= 15 is 0 Å². The van der Waals surface area contributed by atoms with Gasteiger partial charge >= 0.3 is 0 Å². The maximum absolute atomic E-state index is 12.9. The van der Waals surface area contributed by atoms with Crippen LogP contribution in [0.2, 0.25) is 0 Å². The van der Waals surface area contributed by atoms with Crippen LogP contribution in [-0.2, 0) is 0 Å². The van der Waals surface area contributed by atoms with Gasteiger partial charge in [-0.3, -0.25) is 9.78 Å². The van der Waals surface area contributed by atoms with Gasteiger partial charge in [0.1, 0.15) is 11.5 Å². The molecule has 0 aliphatic rings. The molecule has 0 saturated carbocycles. The van der Waals surface area contributed by atoms with Gasteiger partial charge in [-0.25, -0.2) is 4.98 Å². The van der Waals surface area contributed by atoms with E-state index in [1.807, 2.05) is 48.5 Å². The SMILES string of the molecule is COc1ccc(-c2nc(C(=O)c3ccncc3)[nH]c2-c2ccc(OC)cc2)cc1. The lowest BCUT2D eigenvalue weighted by Gasteiger charge is -2.06. The summed E-state index contributed by atoms with van der Waals surface area (Å²) in [6.45, 7) is 0. The van der Waals surface area contributed by atoms with Crippen LogP contribution in [0.15, 0.2) is 73.1 Å². The van der Waals surface area contributed by atoms with Gasteiger partial charge in [0.15, 0.2) is 5.82 Å². The summed E-state index contributed by atoms with van der Waals surface area (Å²) in [7, 11) is 3.25. The lowest BCUT2D eigenvalue weighted by atomic mass is 10.0. The monoisotopic (exact) mass is 385 g/mol. The number of methoxy groups -OCH3 is 2. The Hall–Kier alpha value is -3.93. The average Bonchev–Trinajstić information content (AvgIpc) is 3.24. The topological polar surface area (TPSA) is 77.1 Å². The van der Waals surface area contributed by atoms with Gasteiger partial charge in [0, 0.05) is 29.1 Å². The fourth-order valence-electron chi connectivity index (χ4n) is 3.05. The Balaban J connectivity index is 1.82. The number of hydrogen-bond acceptors (Lipinski definition) is 5. The summed E-state index contributed by atoms with van der Waals surface area (Å²) in [6.07, 6.45) is 3.18. The number of aromatic nitrogens is 3. The van der Waals surface area contributed by atoms with E-state index in [0.717, 1.165) is 28.3 Å². The predicted octanol–water partition coefficient (Wildman–Crippen LogP) is 4.39. The Bertz CT molecular complexity index is 1050. The van der Waals surface area contributed by atoms with Gasteiger partial charge in [-0.15, -0.1) is 0 Å². The highest BCUT2D eigenvalue weighted by atomic mass is 16.5. The number of hydrogen-bond donors (Lipinski definition) is 1. The van der Waals surface area contributed by atoms with Crippen LogP contribution in [0.3, 0.4) is 0 Å². The molecule has 6 heteroatoms. The molecular weight excluding hydrogens is 366 g/mol. The molecule has 0 radical (unpaired) electrons. The number of carbonyl (C=O) groups is 1. The summed E-state index contributed by atoms with van der Waals surface area (Å²) in [5.41, 5.74) is 3.75. The van der Waals surface area contributed by atoms with Gasteiger partial charge in [0.05, 0.1) is 25.6 Å². The number of imidazole rings is 1. The first-order valence-corrected chi connectivity index (χ1v) is 9.03. The number of ether oxygens (including phenoxy) is 2. The fraction of sp³-hybridized carbons (Fsp3) is 0.0870. The lowest BCUT2D eigenvalue weighted by Crippen LogP contribution is -2.03. The molecule has 0 aliphatic carbocycles. The van der Waals surface area contributed by atoms with Gasteiger partial charge in [-0.2, -0.15) is 0 Å². The molecule has 0 bridgehead atoms. The zero-order chi connectivity index (χ0) is 20.2. The van der Waals surface area contributed by atoms with Crippen molar-refractivity contribution in [2.45, 2.75) is 0 Å². The molecule has 6 nitrogen and oxygen atoms in total. The number of pyridine rings is 1. The summed E-state index contributed by atoms with van der Waals surface area (Å²) >= 11 is 0. The first-order valence-electron chi connectivity index (χ1n) is 9.03. The number of aromatic amines is 1. The van der Waals surface area contributed by atoms with Crippen LogP contribution in [0, 0.1) is 0 Å². The van der Waals surface area contributed by atoms with Gasteiger partial charge in [0.25, 0.3) is 0 Å². The highest BCUT2D eigenvalue weighted by Crippen LogP contribution is 2.32. The number of rotatable bonds is 6. The lowest BCUT2D eigenvalue weighted by molar-refractivity contribution is 0.103. The largest absolute Gasteiger partial charge is 0.497 e. The molecule has 0 unspecified atom stereocenters. The smallest absolute Gasteiger partial charge is 0.228 e. The zero-order valence-electron chi connectivity index (χ0n) is 16.0. The Labute approximate surface area is 168 Å². The molecule has 4 aromatic rings. The van der Waals surface area contributed by atoms with Gasteiger partial charge < -0.3 is 14.5 Å². The second kappa shape index (κ2) is 7.98. The first kappa shape index (κ1) is 18.4. The van der Waals surface area contributed by atoms with Crippen molar-refractivity contribution in [2.75, 3.05) is 14.2 Å². The first-order chi connectivity index (χ1) is 14.2. The number of nitrogens with one attached hydrogen (secondary N) is 1. The van der Waals surface area contributed by atoms with Crippen LogP contribution < -0.4 is 9.47 Å². The third kappa shape index (κ3) is 3.73. The van der Waals surface area contributed by atoms with Crippen LogP contribution in [0.5, 0.6) is 11.5 Å². The second-order valence-corrected chi connectivity index (χ2v) is 6.33. The predicted molar refractivity (Wildman–Crippen MR) is 110 cm³/mol. The third-order valence-electron chi connectivity index (χ3n) is 4.60. The Morgan fingerprint density at radius 1 is 0.793 bits per heavy atom. The average molecular weight is 385 g/mol. The van der Waals surface area contributed by atoms with Crippen molar-refractivity contribution in [3.8, 4) is 34.0 Å². The van der Waals surface area contributed by atoms with Crippen LogP contribution in [0.25, 0.3) is 22.5 Å². The molecule has 4 rings (SSSR count). The number of benzene rings is 2. The molecule has 0 aliphatic heterocycles. The van der Waals surface area contributed by atoms with E-state index in [4.69, 9.17) is 9.47 Å². The standard InChI is InChI=1S/C23H19N3O3/c1-28-18-7-3-15(4-8-18)20-21(16-5-9-19(29-2)10-6-16)26-23(25-20)22(27)17-11-13-24-14-12-17/h3-14H,1-2H3,(H,25,26). The molecule has 0 amide bonds. The fourth-order valence-corrected chi connectivity index (χ4v) is 3.05. The molecular formula is C23H19N3O3. The van der Waals surface area contributed by atoms with E-state index in [1.165, 1.54) is 0 Å². The summed E-state index contributed by atoms with van der Waals surface area (Å²) in [5, 5.41) is 0. The Morgan fingerprint density at radius 3 is 1.90 bits per heavy atom. The number of H-pyrrole nitrogens is 1. The molecule has 29 heavy (non-hydrogen) atoms. The molecule has 0 fully saturated rings. The summed E-state index contributed by atoms with van der Waals surface area (Å²) in [6, 6.07) is 18.5. The highest BCUT2D eigenvalue weighted by Gasteiger charge is 2.19. The summed E-state index contributed by atoms with van der Waals surface area (Å²) in [5.74, 6) is 1.59. The molecule has 2 aromatic carbocycles. The van der Waals surface area contributed by atoms with Crippen molar-refractivity contribution in [3.63, 3.8) is 0 Å². The van der Waals surface area contributed by atoms with Crippen molar-refractivity contribution in [2.24, 2.45) is 0 Å². The van der Waals surface area contributed by atoms with Crippen molar-refractivity contribution in [1.29, 1.82) is 0 Å². The van der Waals surface area contributed by atoms with Crippen LogP contribution in [-0.4, -0.2) is 35.0 Å². The minimum Gasteiger partial charge on any atom is -0.497 e. The molecule has 0 spiro atoms. The van der Waals surface area contributed by atoms with E-state index in [0.29, 0.717) is 11.3 Å². The zero-order valence-corrected chi connectivity index (χ0v) is 16.0. The van der Waals surface area contributed by atoms with Crippen molar-refractivity contribution >= 4 is 5.78 Å². The number of ketones is 1. The van der Waals surface area contributed by atoms with Crippen LogP contribution in [0.4, 0.5) is 0 Å². The molecule has 2 aromatic heterocycles. The summed E-state index contributed by atoms with van der Waals surface area (Å²) in [4.78, 5) is 24.7. The van der Waals surface area contributed by atoms with Crippen LogP contribution >= 0.6 is 0 Å². The normalized spacial score (nSPS) is 10.6. The molecule has 0 atom stereocenters. The Kier molecular flexibility index (Phi) is 5.07. The van der Waals surface area contributed by atoms with E-state index in [-0.39, 0.29) is 11.6 Å². The molecule has 1 N–H and O–H groups in total. The molecule has 144 valence electrons. The van der Waals surface area contributed by atoms with Crippen molar-refractivity contribution in [3.05, 3.63) is 84.4 Å². The molecule has 0 saturated heterocycles. The number of carbonyl (C=O) groups excluding carboxylic acids is 1. The van der Waals surface area contributed by atoms with Gasteiger partial charge in [-0.1, -0.05) is 0 Å². The molecule has 2 heterocycles. The highest BCUT2D eigenvalue weighted by molar-refractivity contribution is 6.07.